The molecule has 0 nitrogen and oxygen atoms in total. The molecular weight excluding hydrogens is 108 g/mol. The van der Waals surface area contributed by atoms with Crippen LogP contribution < -0.4 is 0 Å². The molecular formula is C9H10. The molecule has 0 aromatic rings. The molecule has 0 spiro atoms. The van der Waals surface area contributed by atoms with Crippen LogP contribution in [0.15, 0.2) is 23.3 Å². The molecule has 3 aliphatic carbocycles. The molecule has 3 unspecified atom stereocenters. The van der Waals surface area contributed by atoms with Crippen LogP contribution in [0, 0.1) is 17.8 Å². The summed E-state index contributed by atoms with van der Waals surface area (Å²) >= 11 is 0. The van der Waals surface area contributed by atoms with E-state index >= 15 is 0 Å². The normalized spacial score (nSPS) is 50.6. The third-order valence-electron chi connectivity index (χ3n) is 3.12. The number of hydrogen-bond donors (Lipinski definition) is 0. The van der Waals surface area contributed by atoms with Crippen molar-refractivity contribution in [2.24, 2.45) is 17.8 Å². The molecule has 0 heteroatoms. The molecule has 3 atom stereocenters. The van der Waals surface area contributed by atoms with Gasteiger partial charge in [0.05, 0.1) is 0 Å². The predicted octanol–water partition coefficient (Wildman–Crippen LogP) is 2.14. The van der Waals surface area contributed by atoms with Crippen LogP contribution in [0.4, 0.5) is 0 Å². The minimum absolute atomic E-state index is 0.912. The molecule has 0 aromatic carbocycles. The monoisotopic (exact) mass is 118 g/mol. The van der Waals surface area contributed by atoms with E-state index in [9.17, 15) is 0 Å². The highest BCUT2D eigenvalue weighted by Gasteiger charge is 2.48. The molecule has 0 saturated heterocycles. The first-order valence-corrected chi connectivity index (χ1v) is 3.79. The van der Waals surface area contributed by atoms with Crippen LogP contribution in [0.3, 0.4) is 0 Å². The Morgan fingerprint density at radius 1 is 1.44 bits per heavy atom. The summed E-state index contributed by atoms with van der Waals surface area (Å²) in [6.45, 7) is 2.34. The zero-order valence-electron chi connectivity index (χ0n) is 5.59. The first kappa shape index (κ1) is 4.32. The van der Waals surface area contributed by atoms with Crippen molar-refractivity contribution in [1.29, 1.82) is 0 Å². The first-order chi connectivity index (χ1) is 4.38. The predicted molar refractivity (Wildman–Crippen MR) is 36.9 cm³/mol. The van der Waals surface area contributed by atoms with E-state index < -0.39 is 0 Å². The van der Waals surface area contributed by atoms with Crippen molar-refractivity contribution in [3.63, 3.8) is 0 Å². The number of allylic oxidation sites excluding steroid dienone is 4. The second kappa shape index (κ2) is 1.03. The third-order valence-corrected chi connectivity index (χ3v) is 3.12. The average Bonchev–Trinajstić information content (AvgIpc) is 2.25. The van der Waals surface area contributed by atoms with Crippen LogP contribution in [0.2, 0.25) is 0 Å². The van der Waals surface area contributed by atoms with Crippen molar-refractivity contribution in [3.8, 4) is 0 Å². The summed E-state index contributed by atoms with van der Waals surface area (Å²) in [4.78, 5) is 0. The van der Waals surface area contributed by atoms with E-state index in [1.54, 1.807) is 11.1 Å². The highest BCUT2D eigenvalue weighted by Crippen LogP contribution is 2.60. The van der Waals surface area contributed by atoms with Crippen LogP contribution in [0.1, 0.15) is 13.3 Å². The lowest BCUT2D eigenvalue weighted by Crippen LogP contribution is -2.17. The van der Waals surface area contributed by atoms with Gasteiger partial charge in [0.1, 0.15) is 0 Å². The molecule has 3 aliphatic rings. The molecule has 0 amide bonds. The molecule has 46 valence electrons. The van der Waals surface area contributed by atoms with Gasteiger partial charge >= 0.3 is 0 Å². The minimum atomic E-state index is 0.912. The van der Waals surface area contributed by atoms with Gasteiger partial charge in [0.15, 0.2) is 0 Å². The molecule has 0 saturated carbocycles. The molecule has 0 radical (unpaired) electrons. The van der Waals surface area contributed by atoms with Gasteiger partial charge in [-0.15, -0.1) is 0 Å². The lowest BCUT2D eigenvalue weighted by Gasteiger charge is -2.26. The van der Waals surface area contributed by atoms with E-state index in [2.05, 4.69) is 19.1 Å². The average molecular weight is 118 g/mol. The van der Waals surface area contributed by atoms with Gasteiger partial charge in [0.25, 0.3) is 0 Å². The van der Waals surface area contributed by atoms with Crippen molar-refractivity contribution in [2.45, 2.75) is 13.3 Å². The lowest BCUT2D eigenvalue weighted by atomic mass is 9.78. The fourth-order valence-electron chi connectivity index (χ4n) is 2.38. The van der Waals surface area contributed by atoms with E-state index in [0.29, 0.717) is 0 Å². The summed E-state index contributed by atoms with van der Waals surface area (Å²) in [5.74, 6) is 2.78. The Morgan fingerprint density at radius 2 is 2.33 bits per heavy atom. The smallest absolute Gasteiger partial charge is 0.00516 e. The number of hydrogen-bond acceptors (Lipinski definition) is 0. The van der Waals surface area contributed by atoms with Crippen LogP contribution >= 0.6 is 0 Å². The summed E-state index contributed by atoms with van der Waals surface area (Å²) in [5, 5.41) is 0. The molecule has 9 heavy (non-hydrogen) atoms. The Labute approximate surface area is 55.3 Å². The molecule has 3 rings (SSSR count). The quantitative estimate of drug-likeness (QED) is 0.427. The van der Waals surface area contributed by atoms with Gasteiger partial charge in [-0.2, -0.15) is 0 Å². The topological polar surface area (TPSA) is 0 Å². The zero-order valence-corrected chi connectivity index (χ0v) is 5.59. The second-order valence-electron chi connectivity index (χ2n) is 3.48. The maximum Gasteiger partial charge on any atom is 0.00516 e. The highest BCUT2D eigenvalue weighted by atomic mass is 14.5. The van der Waals surface area contributed by atoms with Crippen molar-refractivity contribution < 1.29 is 0 Å². The Morgan fingerprint density at radius 3 is 2.78 bits per heavy atom. The Kier molecular flexibility index (Phi) is 0.493. The van der Waals surface area contributed by atoms with Crippen LogP contribution in [-0.2, 0) is 0 Å². The van der Waals surface area contributed by atoms with E-state index in [1.165, 1.54) is 6.42 Å². The van der Waals surface area contributed by atoms with E-state index in [4.69, 9.17) is 0 Å². The Hall–Kier alpha value is -0.520. The maximum absolute atomic E-state index is 2.37. The van der Waals surface area contributed by atoms with Gasteiger partial charge in [0.2, 0.25) is 0 Å². The van der Waals surface area contributed by atoms with Crippen LogP contribution in [0.25, 0.3) is 0 Å². The summed E-state index contributed by atoms with van der Waals surface area (Å²) in [6.07, 6.45) is 6.14. The summed E-state index contributed by atoms with van der Waals surface area (Å²) in [6, 6.07) is 0. The van der Waals surface area contributed by atoms with Crippen LogP contribution in [-0.4, -0.2) is 0 Å². The fraction of sp³-hybridized carbons (Fsp3) is 0.556. The first-order valence-electron chi connectivity index (χ1n) is 3.79. The third kappa shape index (κ3) is 0.320. The van der Waals surface area contributed by atoms with Crippen molar-refractivity contribution in [1.82, 2.24) is 0 Å². The molecule has 0 N–H and O–H groups in total. The lowest BCUT2D eigenvalue weighted by molar-refractivity contribution is 0.478. The number of fused-ring (bicyclic) bond motifs is 2. The molecule has 0 bridgehead atoms. The van der Waals surface area contributed by atoms with Gasteiger partial charge in [-0.3, -0.25) is 0 Å². The highest BCUT2D eigenvalue weighted by molar-refractivity contribution is 5.52. The molecule has 0 aromatic heterocycles. The van der Waals surface area contributed by atoms with Crippen molar-refractivity contribution in [3.05, 3.63) is 23.3 Å². The SMILES string of the molecule is CC1C2=C1C1C=CC1C2. The fourth-order valence-corrected chi connectivity index (χ4v) is 2.38. The standard InChI is InChI=1S/C9H10/c1-5-8-4-6-2-3-7(6)9(5)8/h2-3,5-7H,4H2,1H3. The molecule has 0 heterocycles. The van der Waals surface area contributed by atoms with Gasteiger partial charge in [-0.05, 0) is 18.3 Å². The second-order valence-corrected chi connectivity index (χ2v) is 3.48. The zero-order chi connectivity index (χ0) is 6.01. The van der Waals surface area contributed by atoms with E-state index in [0.717, 1.165) is 17.8 Å². The van der Waals surface area contributed by atoms with Crippen molar-refractivity contribution >= 4 is 0 Å². The van der Waals surface area contributed by atoms with E-state index in [1.807, 2.05) is 0 Å². The Balaban J connectivity index is 2.01. The van der Waals surface area contributed by atoms with E-state index in [-0.39, 0.29) is 0 Å². The van der Waals surface area contributed by atoms with Crippen LogP contribution in [0.5, 0.6) is 0 Å². The van der Waals surface area contributed by atoms with Gasteiger partial charge in [-0.1, -0.05) is 30.2 Å². The summed E-state index contributed by atoms with van der Waals surface area (Å²) in [7, 11) is 0. The maximum atomic E-state index is 2.37. The molecule has 0 aliphatic heterocycles. The largest absolute Gasteiger partial charge is 0.0836 e. The Bertz CT molecular complexity index is 232. The van der Waals surface area contributed by atoms with Crippen molar-refractivity contribution in [2.75, 3.05) is 0 Å². The minimum Gasteiger partial charge on any atom is -0.0836 e. The molecule has 0 fully saturated rings. The van der Waals surface area contributed by atoms with Gasteiger partial charge < -0.3 is 0 Å². The summed E-state index contributed by atoms with van der Waals surface area (Å²) < 4.78 is 0. The number of rotatable bonds is 0. The van der Waals surface area contributed by atoms with Gasteiger partial charge in [0, 0.05) is 5.92 Å². The van der Waals surface area contributed by atoms with Gasteiger partial charge in [-0.25, -0.2) is 0 Å². The summed E-state index contributed by atoms with van der Waals surface area (Å²) in [5.41, 5.74) is 3.58.